The van der Waals surface area contributed by atoms with Crippen molar-refractivity contribution in [3.63, 3.8) is 0 Å². The van der Waals surface area contributed by atoms with Crippen LogP contribution in [0.1, 0.15) is 11.1 Å². The van der Waals surface area contributed by atoms with Crippen LogP contribution in [0.4, 0.5) is 20.6 Å². The zero-order valence-electron chi connectivity index (χ0n) is 20.1. The smallest absolute Gasteiger partial charge is 0.323 e. The Hall–Kier alpha value is -4.99. The Morgan fingerprint density at radius 3 is 2.70 bits per heavy atom. The van der Waals surface area contributed by atoms with Crippen LogP contribution in [0, 0.1) is 12.7 Å². The number of hydrogen-bond donors (Lipinski definition) is 2. The zero-order chi connectivity index (χ0) is 25.8. The third kappa shape index (κ3) is 5.64. The maximum absolute atomic E-state index is 13.5. The standard InChI is InChI=1S/C27H23FN6O3/c1-17-6-11-24(36-2)22(12-17)31-27(35)30-21-9-7-18(8-10-21)14-34-15-23(29-16-34)26-32-25(33-37-26)19-4-3-5-20(28)13-19/h3-13,15-16H,14H2,1-2H3,(H2,30,31,35). The van der Waals surface area contributed by atoms with Crippen molar-refractivity contribution in [1.29, 1.82) is 0 Å². The van der Waals surface area contributed by atoms with Crippen molar-refractivity contribution in [2.24, 2.45) is 0 Å². The van der Waals surface area contributed by atoms with Crippen LogP contribution in [-0.4, -0.2) is 32.8 Å². The summed E-state index contributed by atoms with van der Waals surface area (Å²) < 4.78 is 26.0. The highest BCUT2D eigenvalue weighted by Crippen LogP contribution is 2.26. The Balaban J connectivity index is 1.20. The molecule has 0 aliphatic heterocycles. The fourth-order valence-corrected chi connectivity index (χ4v) is 3.74. The Kier molecular flexibility index (Phi) is 6.62. The van der Waals surface area contributed by atoms with Crippen molar-refractivity contribution in [2.45, 2.75) is 13.5 Å². The van der Waals surface area contributed by atoms with E-state index in [9.17, 15) is 9.18 Å². The lowest BCUT2D eigenvalue weighted by Gasteiger charge is -2.12. The van der Waals surface area contributed by atoms with Gasteiger partial charge in [-0.2, -0.15) is 4.98 Å². The van der Waals surface area contributed by atoms with Crippen LogP contribution in [0.25, 0.3) is 23.0 Å². The number of urea groups is 1. The Morgan fingerprint density at radius 2 is 1.92 bits per heavy atom. The number of anilines is 2. The van der Waals surface area contributed by atoms with Gasteiger partial charge in [0.05, 0.1) is 19.1 Å². The minimum absolute atomic E-state index is 0.244. The van der Waals surface area contributed by atoms with Crippen molar-refractivity contribution in [2.75, 3.05) is 17.7 Å². The minimum atomic E-state index is -0.374. The second kappa shape index (κ2) is 10.3. The highest BCUT2D eigenvalue weighted by Gasteiger charge is 2.14. The number of amides is 2. The number of imidazole rings is 1. The number of halogens is 1. The highest BCUT2D eigenvalue weighted by atomic mass is 19.1. The lowest BCUT2D eigenvalue weighted by atomic mass is 10.2. The molecule has 2 N–H and O–H groups in total. The number of aryl methyl sites for hydroxylation is 1. The highest BCUT2D eigenvalue weighted by molar-refractivity contribution is 6.00. The number of aromatic nitrogens is 4. The summed E-state index contributed by atoms with van der Waals surface area (Å²) in [6.45, 7) is 2.49. The number of benzene rings is 3. The van der Waals surface area contributed by atoms with Gasteiger partial charge < -0.3 is 24.5 Å². The van der Waals surface area contributed by atoms with Gasteiger partial charge in [-0.05, 0) is 54.4 Å². The van der Waals surface area contributed by atoms with Gasteiger partial charge in [-0.1, -0.05) is 35.5 Å². The number of methoxy groups -OCH3 is 1. The van der Waals surface area contributed by atoms with E-state index < -0.39 is 0 Å². The topological polar surface area (TPSA) is 107 Å². The summed E-state index contributed by atoms with van der Waals surface area (Å²) >= 11 is 0. The summed E-state index contributed by atoms with van der Waals surface area (Å²) in [4.78, 5) is 21.1. The molecule has 0 fully saturated rings. The number of hydrogen-bond acceptors (Lipinski definition) is 6. The second-order valence-electron chi connectivity index (χ2n) is 8.34. The molecule has 0 aliphatic rings. The molecule has 10 heteroatoms. The van der Waals surface area contributed by atoms with Gasteiger partial charge in [0, 0.05) is 24.0 Å². The van der Waals surface area contributed by atoms with Crippen molar-refractivity contribution >= 4 is 17.4 Å². The van der Waals surface area contributed by atoms with E-state index >= 15 is 0 Å². The number of ether oxygens (including phenoxy) is 1. The number of carbonyl (C=O) groups excluding carboxylic acids is 1. The van der Waals surface area contributed by atoms with Crippen molar-refractivity contribution < 1.29 is 18.4 Å². The first-order valence-electron chi connectivity index (χ1n) is 11.4. The lowest BCUT2D eigenvalue weighted by Crippen LogP contribution is -2.19. The largest absolute Gasteiger partial charge is 0.495 e. The predicted molar refractivity (Wildman–Crippen MR) is 137 cm³/mol. The molecule has 5 aromatic rings. The summed E-state index contributed by atoms with van der Waals surface area (Å²) in [6, 6.07) is 18.7. The third-order valence-electron chi connectivity index (χ3n) is 5.54. The normalized spacial score (nSPS) is 10.8. The van der Waals surface area contributed by atoms with Crippen LogP contribution in [0.15, 0.2) is 83.8 Å². The van der Waals surface area contributed by atoms with Crippen LogP contribution in [-0.2, 0) is 6.54 Å². The first kappa shape index (κ1) is 23.7. The van der Waals surface area contributed by atoms with E-state index in [0.29, 0.717) is 34.9 Å². The maximum atomic E-state index is 13.5. The summed E-state index contributed by atoms with van der Waals surface area (Å²) in [7, 11) is 1.56. The SMILES string of the molecule is COc1ccc(C)cc1NC(=O)Nc1ccc(Cn2cnc(-c3nc(-c4cccc(F)c4)no3)c2)cc1. The molecule has 0 spiro atoms. The molecule has 0 unspecified atom stereocenters. The summed E-state index contributed by atoms with van der Waals surface area (Å²) in [6.07, 6.45) is 3.45. The van der Waals surface area contributed by atoms with Crippen molar-refractivity contribution in [3.8, 4) is 28.7 Å². The van der Waals surface area contributed by atoms with E-state index in [2.05, 4.69) is 25.8 Å². The fraction of sp³-hybridized carbons (Fsp3) is 0.111. The molecule has 37 heavy (non-hydrogen) atoms. The Morgan fingerprint density at radius 1 is 1.08 bits per heavy atom. The van der Waals surface area contributed by atoms with Gasteiger partial charge in [-0.25, -0.2) is 14.2 Å². The average Bonchev–Trinajstić information content (AvgIpc) is 3.55. The molecule has 2 heterocycles. The van der Waals surface area contributed by atoms with Gasteiger partial charge in [0.15, 0.2) is 0 Å². The first-order chi connectivity index (χ1) is 18.0. The van der Waals surface area contributed by atoms with Crippen molar-refractivity contribution in [3.05, 3.63) is 96.2 Å². The summed E-state index contributed by atoms with van der Waals surface area (Å²) in [5, 5.41) is 9.56. The van der Waals surface area contributed by atoms with Gasteiger partial charge in [-0.3, -0.25) is 0 Å². The summed E-state index contributed by atoms with van der Waals surface area (Å²) in [5.74, 6) is 0.744. The van der Waals surface area contributed by atoms with Gasteiger partial charge in [0.1, 0.15) is 17.3 Å². The number of rotatable bonds is 7. The van der Waals surface area contributed by atoms with Crippen molar-refractivity contribution in [1.82, 2.24) is 19.7 Å². The average molecular weight is 499 g/mol. The molecule has 3 aromatic carbocycles. The molecule has 2 aromatic heterocycles. The molecule has 0 atom stereocenters. The second-order valence-corrected chi connectivity index (χ2v) is 8.34. The quantitative estimate of drug-likeness (QED) is 0.296. The van der Waals surface area contributed by atoms with Gasteiger partial charge in [-0.15, -0.1) is 0 Å². The van der Waals surface area contributed by atoms with E-state index in [1.165, 1.54) is 12.1 Å². The molecule has 0 saturated heterocycles. The summed E-state index contributed by atoms with van der Waals surface area (Å²) in [5.41, 5.74) is 4.29. The minimum Gasteiger partial charge on any atom is -0.495 e. The molecule has 5 rings (SSSR count). The molecule has 2 amide bonds. The Labute approximate surface area is 211 Å². The molecule has 9 nitrogen and oxygen atoms in total. The predicted octanol–water partition coefficient (Wildman–Crippen LogP) is 5.75. The number of nitrogens with zero attached hydrogens (tertiary/aromatic N) is 4. The first-order valence-corrected chi connectivity index (χ1v) is 11.4. The van der Waals surface area contributed by atoms with Crippen LogP contribution >= 0.6 is 0 Å². The molecule has 186 valence electrons. The number of nitrogens with one attached hydrogen (secondary N) is 2. The van der Waals surface area contributed by atoms with Crippen LogP contribution in [0.2, 0.25) is 0 Å². The van der Waals surface area contributed by atoms with E-state index in [0.717, 1.165) is 11.1 Å². The van der Waals surface area contributed by atoms with Gasteiger partial charge >= 0.3 is 6.03 Å². The van der Waals surface area contributed by atoms with Gasteiger partial charge in [0.25, 0.3) is 5.89 Å². The van der Waals surface area contributed by atoms with E-state index in [-0.39, 0.29) is 23.6 Å². The molecule has 0 bridgehead atoms. The van der Waals surface area contributed by atoms with E-state index in [4.69, 9.17) is 9.26 Å². The number of carbonyl (C=O) groups is 1. The Bertz CT molecular complexity index is 1540. The zero-order valence-corrected chi connectivity index (χ0v) is 20.1. The van der Waals surface area contributed by atoms with Crippen LogP contribution < -0.4 is 15.4 Å². The molecule has 0 radical (unpaired) electrons. The molecule has 0 aliphatic carbocycles. The van der Waals surface area contributed by atoms with Gasteiger partial charge in [0.2, 0.25) is 5.82 Å². The third-order valence-corrected chi connectivity index (χ3v) is 5.54. The van der Waals surface area contributed by atoms with E-state index in [1.54, 1.807) is 31.8 Å². The lowest BCUT2D eigenvalue weighted by molar-refractivity contribution is 0.262. The molecular formula is C27H23FN6O3. The molecular weight excluding hydrogens is 475 g/mol. The fourth-order valence-electron chi connectivity index (χ4n) is 3.74. The monoisotopic (exact) mass is 498 g/mol. The van der Waals surface area contributed by atoms with Crippen LogP contribution in [0.3, 0.4) is 0 Å². The van der Waals surface area contributed by atoms with E-state index in [1.807, 2.05) is 54.0 Å². The maximum Gasteiger partial charge on any atom is 0.323 e. The van der Waals surface area contributed by atoms with Crippen LogP contribution in [0.5, 0.6) is 5.75 Å². The molecule has 0 saturated carbocycles.